The maximum Gasteiger partial charge on any atom is 0.271 e. The molecular weight excluding hydrogens is 320 g/mol. The average molecular weight is 344 g/mol. The average Bonchev–Trinajstić information content (AvgIpc) is 2.67. The molecule has 3 rings (SSSR count). The molecule has 1 amide bonds. The summed E-state index contributed by atoms with van der Waals surface area (Å²) in [6, 6.07) is 17.7. The van der Waals surface area contributed by atoms with Crippen LogP contribution >= 0.6 is 0 Å². The second-order valence-electron chi connectivity index (χ2n) is 6.81. The van der Waals surface area contributed by atoms with E-state index in [9.17, 15) is 4.79 Å². The number of nitrogens with one attached hydrogen (secondary N) is 1. The first-order chi connectivity index (χ1) is 12.5. The monoisotopic (exact) mass is 344 g/mol. The topological polar surface area (TPSA) is 41.5 Å². The van der Waals surface area contributed by atoms with E-state index in [1.807, 2.05) is 56.3 Å². The molecule has 3 nitrogen and oxygen atoms in total. The van der Waals surface area contributed by atoms with Crippen molar-refractivity contribution in [1.29, 1.82) is 0 Å². The highest BCUT2D eigenvalue weighted by molar-refractivity contribution is 6.02. The number of hydrogen-bond donors (Lipinski definition) is 1. The third-order valence-corrected chi connectivity index (χ3v) is 4.85. The Morgan fingerprint density at radius 1 is 1.08 bits per heavy atom. The Hall–Kier alpha value is -2.94. The number of rotatable bonds is 4. The Labute approximate surface area is 155 Å². The minimum Gasteiger partial charge on any atom is -0.267 e. The first kappa shape index (κ1) is 17.9. The van der Waals surface area contributed by atoms with Crippen molar-refractivity contribution in [3.05, 3.63) is 84.0 Å². The lowest BCUT2D eigenvalue weighted by Gasteiger charge is -2.22. The summed E-state index contributed by atoms with van der Waals surface area (Å²) in [5.74, 6) is 0.210. The van der Waals surface area contributed by atoms with Crippen LogP contribution in [-0.4, -0.2) is 11.6 Å². The number of hydrogen-bond acceptors (Lipinski definition) is 2. The molecule has 1 atom stereocenters. The van der Waals surface area contributed by atoms with Gasteiger partial charge in [0.2, 0.25) is 0 Å². The van der Waals surface area contributed by atoms with E-state index in [4.69, 9.17) is 0 Å². The first-order valence-electron chi connectivity index (χ1n) is 8.89. The smallest absolute Gasteiger partial charge is 0.267 e. The van der Waals surface area contributed by atoms with Crippen molar-refractivity contribution in [3.63, 3.8) is 0 Å². The molecule has 0 saturated heterocycles. The minimum absolute atomic E-state index is 0.192. The van der Waals surface area contributed by atoms with Gasteiger partial charge in [0.25, 0.3) is 5.91 Å². The van der Waals surface area contributed by atoms with Crippen molar-refractivity contribution in [1.82, 2.24) is 5.43 Å². The van der Waals surface area contributed by atoms with E-state index in [0.29, 0.717) is 11.5 Å². The molecule has 2 aromatic carbocycles. The van der Waals surface area contributed by atoms with Crippen LogP contribution in [0.5, 0.6) is 0 Å². The molecule has 0 radical (unpaired) electrons. The summed E-state index contributed by atoms with van der Waals surface area (Å²) in [6.07, 6.45) is 3.99. The van der Waals surface area contributed by atoms with Gasteiger partial charge in [0.05, 0.1) is 5.71 Å². The Balaban J connectivity index is 1.69. The van der Waals surface area contributed by atoms with Crippen LogP contribution in [0.3, 0.4) is 0 Å². The molecule has 0 aliphatic heterocycles. The van der Waals surface area contributed by atoms with Gasteiger partial charge in [-0.05, 0) is 61.4 Å². The van der Waals surface area contributed by atoms with E-state index >= 15 is 0 Å². The zero-order chi connectivity index (χ0) is 18.5. The van der Waals surface area contributed by atoms with Crippen molar-refractivity contribution in [2.45, 2.75) is 26.7 Å². The number of hydrazone groups is 1. The minimum atomic E-state index is -0.192. The fraction of sp³-hybridized carbons (Fsp3) is 0.217. The van der Waals surface area contributed by atoms with Gasteiger partial charge < -0.3 is 0 Å². The molecule has 0 fully saturated rings. The van der Waals surface area contributed by atoms with Crippen LogP contribution in [0.2, 0.25) is 0 Å². The second-order valence-corrected chi connectivity index (χ2v) is 6.81. The largest absolute Gasteiger partial charge is 0.271 e. The third-order valence-electron chi connectivity index (χ3n) is 4.85. The SMILES string of the molecule is C=C(C)[C@@H]1CC=C(C)/C(=N\NC(=O)c2ccc(-c3ccccc3)cc2)C1. The molecule has 2 aromatic rings. The molecule has 0 unspecified atom stereocenters. The number of carbonyl (C=O) groups is 1. The van der Waals surface area contributed by atoms with Gasteiger partial charge in [-0.1, -0.05) is 60.7 Å². The van der Waals surface area contributed by atoms with Crippen LogP contribution in [0.4, 0.5) is 0 Å². The summed E-state index contributed by atoms with van der Waals surface area (Å²) in [5, 5.41) is 4.36. The Morgan fingerprint density at radius 3 is 2.38 bits per heavy atom. The van der Waals surface area contributed by atoms with E-state index < -0.39 is 0 Å². The molecule has 3 heteroatoms. The molecule has 132 valence electrons. The summed E-state index contributed by atoms with van der Waals surface area (Å²) < 4.78 is 0. The Kier molecular flexibility index (Phi) is 5.47. The number of carbonyl (C=O) groups excluding carboxylic acids is 1. The molecular formula is C23H24N2O. The van der Waals surface area contributed by atoms with Crippen LogP contribution < -0.4 is 5.43 Å². The number of allylic oxidation sites excluding steroid dienone is 3. The molecule has 26 heavy (non-hydrogen) atoms. The van der Waals surface area contributed by atoms with Crippen molar-refractivity contribution < 1.29 is 4.79 Å². The van der Waals surface area contributed by atoms with Crippen LogP contribution in [0.15, 0.2) is 83.5 Å². The van der Waals surface area contributed by atoms with E-state index in [0.717, 1.165) is 40.8 Å². The van der Waals surface area contributed by atoms with Gasteiger partial charge in [0.15, 0.2) is 0 Å². The first-order valence-corrected chi connectivity index (χ1v) is 8.89. The molecule has 0 saturated carbocycles. The van der Waals surface area contributed by atoms with E-state index in [1.54, 1.807) is 0 Å². The van der Waals surface area contributed by atoms with E-state index in [1.165, 1.54) is 0 Å². The fourth-order valence-corrected chi connectivity index (χ4v) is 3.05. The second kappa shape index (κ2) is 7.96. The van der Waals surface area contributed by atoms with Gasteiger partial charge in [-0.25, -0.2) is 5.43 Å². The maximum atomic E-state index is 12.4. The lowest BCUT2D eigenvalue weighted by molar-refractivity contribution is 0.0954. The van der Waals surface area contributed by atoms with E-state index in [-0.39, 0.29) is 5.91 Å². The summed E-state index contributed by atoms with van der Waals surface area (Å²) in [6.45, 7) is 8.12. The molecule has 1 aliphatic carbocycles. The lowest BCUT2D eigenvalue weighted by Crippen LogP contribution is -2.23. The third kappa shape index (κ3) is 4.17. The molecule has 1 aliphatic rings. The molecule has 0 aromatic heterocycles. The van der Waals surface area contributed by atoms with Crippen molar-refractivity contribution in [2.75, 3.05) is 0 Å². The standard InChI is InChI=1S/C23H24N2O/c1-16(2)21-10-9-17(3)22(15-21)24-25-23(26)20-13-11-19(12-14-20)18-7-5-4-6-8-18/h4-9,11-14,21H,1,10,15H2,2-3H3,(H,25,26)/b24-22-/t21-/m1/s1. The van der Waals surface area contributed by atoms with Crippen LogP contribution in [0.25, 0.3) is 11.1 Å². The van der Waals surface area contributed by atoms with Crippen molar-refractivity contribution in [3.8, 4) is 11.1 Å². The van der Waals surface area contributed by atoms with Crippen LogP contribution in [0.1, 0.15) is 37.0 Å². The normalized spacial score (nSPS) is 18.3. The number of amides is 1. The van der Waals surface area contributed by atoms with Crippen LogP contribution in [0, 0.1) is 5.92 Å². The highest BCUT2D eigenvalue weighted by Crippen LogP contribution is 2.26. The summed E-state index contributed by atoms with van der Waals surface area (Å²) in [4.78, 5) is 12.4. The fourth-order valence-electron chi connectivity index (χ4n) is 3.05. The van der Waals surface area contributed by atoms with Gasteiger partial charge in [0, 0.05) is 5.56 Å². The van der Waals surface area contributed by atoms with Gasteiger partial charge in [-0.2, -0.15) is 5.10 Å². The molecule has 0 heterocycles. The van der Waals surface area contributed by atoms with Gasteiger partial charge >= 0.3 is 0 Å². The van der Waals surface area contributed by atoms with Gasteiger partial charge in [0.1, 0.15) is 0 Å². The number of nitrogens with zero attached hydrogens (tertiary/aromatic N) is 1. The molecule has 0 spiro atoms. The Bertz CT molecular complexity index is 861. The zero-order valence-corrected chi connectivity index (χ0v) is 15.3. The maximum absolute atomic E-state index is 12.4. The zero-order valence-electron chi connectivity index (χ0n) is 15.3. The molecule has 1 N–H and O–H groups in total. The highest BCUT2D eigenvalue weighted by atomic mass is 16.2. The van der Waals surface area contributed by atoms with E-state index in [2.05, 4.69) is 35.3 Å². The van der Waals surface area contributed by atoms with Crippen LogP contribution in [-0.2, 0) is 0 Å². The quantitative estimate of drug-likeness (QED) is 0.588. The summed E-state index contributed by atoms with van der Waals surface area (Å²) in [5.41, 5.74) is 8.73. The van der Waals surface area contributed by atoms with Gasteiger partial charge in [-0.3, -0.25) is 4.79 Å². The summed E-state index contributed by atoms with van der Waals surface area (Å²) >= 11 is 0. The highest BCUT2D eigenvalue weighted by Gasteiger charge is 2.19. The Morgan fingerprint density at radius 2 is 1.73 bits per heavy atom. The lowest BCUT2D eigenvalue weighted by atomic mass is 9.85. The predicted octanol–water partition coefficient (Wildman–Crippen LogP) is 5.37. The summed E-state index contributed by atoms with van der Waals surface area (Å²) in [7, 11) is 0. The van der Waals surface area contributed by atoms with Gasteiger partial charge in [-0.15, -0.1) is 0 Å². The van der Waals surface area contributed by atoms with Crippen molar-refractivity contribution >= 4 is 11.6 Å². The predicted molar refractivity (Wildman–Crippen MR) is 108 cm³/mol. The molecule has 0 bridgehead atoms. The number of benzene rings is 2. The van der Waals surface area contributed by atoms with Crippen molar-refractivity contribution in [2.24, 2.45) is 11.0 Å².